The molecule has 0 saturated carbocycles. The summed E-state index contributed by atoms with van der Waals surface area (Å²) < 4.78 is 5.86. The minimum absolute atomic E-state index is 0.297. The highest BCUT2D eigenvalue weighted by Gasteiger charge is 2.12. The Bertz CT molecular complexity index is 655. The van der Waals surface area contributed by atoms with Crippen LogP contribution in [-0.4, -0.2) is 9.97 Å². The molecule has 3 nitrogen and oxygen atoms in total. The molecule has 1 aliphatic carbocycles. The lowest BCUT2D eigenvalue weighted by atomic mass is 9.92. The fourth-order valence-electron chi connectivity index (χ4n) is 2.54. The van der Waals surface area contributed by atoms with Crippen LogP contribution < -0.4 is 10.5 Å². The first kappa shape index (κ1) is 13.1. The number of benzene rings is 1. The Balaban J connectivity index is 1.90. The standard InChI is InChI=1S/C16H16N2OS/c17-15(20)14-6-3-9-18-16(14)19-13-8-7-11-4-1-2-5-12(11)10-13/h3,6-10H,1-2,4-5H2,(H2,17,20). The Kier molecular flexibility index (Phi) is 3.65. The first-order chi connectivity index (χ1) is 9.74. The first-order valence-electron chi connectivity index (χ1n) is 6.78. The zero-order valence-electron chi connectivity index (χ0n) is 11.1. The van der Waals surface area contributed by atoms with Gasteiger partial charge in [-0.1, -0.05) is 18.3 Å². The number of hydrogen-bond acceptors (Lipinski definition) is 3. The fraction of sp³-hybridized carbons (Fsp3) is 0.250. The first-order valence-corrected chi connectivity index (χ1v) is 7.19. The molecule has 0 saturated heterocycles. The van der Waals surface area contributed by atoms with Crippen molar-refractivity contribution in [3.8, 4) is 11.6 Å². The molecule has 0 spiro atoms. The number of nitrogens with zero attached hydrogens (tertiary/aromatic N) is 1. The third kappa shape index (κ3) is 2.65. The van der Waals surface area contributed by atoms with Crippen molar-refractivity contribution in [1.29, 1.82) is 0 Å². The SMILES string of the molecule is NC(=S)c1cccnc1Oc1ccc2c(c1)CCCC2. The van der Waals surface area contributed by atoms with E-state index in [9.17, 15) is 0 Å². The molecule has 2 N–H and O–H groups in total. The lowest BCUT2D eigenvalue weighted by molar-refractivity contribution is 0.460. The number of pyridine rings is 1. The van der Waals surface area contributed by atoms with Gasteiger partial charge in [-0.15, -0.1) is 0 Å². The number of rotatable bonds is 3. The van der Waals surface area contributed by atoms with E-state index < -0.39 is 0 Å². The zero-order valence-corrected chi connectivity index (χ0v) is 12.0. The summed E-state index contributed by atoms with van der Waals surface area (Å²) in [6.45, 7) is 0. The molecule has 20 heavy (non-hydrogen) atoms. The Morgan fingerprint density at radius 1 is 1.15 bits per heavy atom. The quantitative estimate of drug-likeness (QED) is 0.878. The number of aromatic nitrogens is 1. The summed E-state index contributed by atoms with van der Waals surface area (Å²) in [5.41, 5.74) is 9.16. The maximum absolute atomic E-state index is 5.86. The van der Waals surface area contributed by atoms with Gasteiger partial charge in [-0.05, 0) is 61.1 Å². The van der Waals surface area contributed by atoms with Gasteiger partial charge in [0, 0.05) is 6.20 Å². The van der Waals surface area contributed by atoms with Gasteiger partial charge in [-0.2, -0.15) is 0 Å². The second-order valence-electron chi connectivity index (χ2n) is 4.96. The van der Waals surface area contributed by atoms with Gasteiger partial charge < -0.3 is 10.5 Å². The molecule has 102 valence electrons. The highest BCUT2D eigenvalue weighted by atomic mass is 32.1. The summed E-state index contributed by atoms with van der Waals surface area (Å²) in [5.74, 6) is 1.26. The Labute approximate surface area is 123 Å². The number of ether oxygens (including phenoxy) is 1. The summed E-state index contributed by atoms with van der Waals surface area (Å²) >= 11 is 5.02. The van der Waals surface area contributed by atoms with Gasteiger partial charge in [0.25, 0.3) is 0 Å². The van der Waals surface area contributed by atoms with Crippen molar-refractivity contribution in [2.24, 2.45) is 5.73 Å². The van der Waals surface area contributed by atoms with E-state index in [1.165, 1.54) is 24.0 Å². The normalized spacial score (nSPS) is 13.6. The molecule has 4 heteroatoms. The molecule has 0 amide bonds. The van der Waals surface area contributed by atoms with E-state index in [2.05, 4.69) is 17.1 Å². The summed E-state index contributed by atoms with van der Waals surface area (Å²) in [5, 5.41) is 0. The summed E-state index contributed by atoms with van der Waals surface area (Å²) in [7, 11) is 0. The molecule has 0 atom stereocenters. The Morgan fingerprint density at radius 2 is 1.95 bits per heavy atom. The molecule has 0 radical (unpaired) electrons. The van der Waals surface area contributed by atoms with Crippen molar-refractivity contribution in [2.45, 2.75) is 25.7 Å². The van der Waals surface area contributed by atoms with Gasteiger partial charge in [0.05, 0.1) is 5.56 Å². The molecule has 1 aromatic heterocycles. The topological polar surface area (TPSA) is 48.1 Å². The molecular formula is C16H16N2OS. The lowest BCUT2D eigenvalue weighted by Crippen LogP contribution is -2.11. The molecule has 0 unspecified atom stereocenters. The van der Waals surface area contributed by atoms with Gasteiger partial charge in [0.1, 0.15) is 10.7 Å². The van der Waals surface area contributed by atoms with Crippen LogP contribution in [0, 0.1) is 0 Å². The second kappa shape index (κ2) is 5.59. The van der Waals surface area contributed by atoms with Gasteiger partial charge in [0.15, 0.2) is 0 Å². The number of hydrogen-bond donors (Lipinski definition) is 1. The average molecular weight is 284 g/mol. The molecule has 3 rings (SSSR count). The van der Waals surface area contributed by atoms with Crippen LogP contribution in [0.2, 0.25) is 0 Å². The second-order valence-corrected chi connectivity index (χ2v) is 5.40. The molecule has 0 bridgehead atoms. The number of nitrogens with two attached hydrogens (primary N) is 1. The number of fused-ring (bicyclic) bond motifs is 1. The number of aryl methyl sites for hydroxylation is 2. The van der Waals surface area contributed by atoms with Crippen molar-refractivity contribution in [3.05, 3.63) is 53.2 Å². The van der Waals surface area contributed by atoms with Gasteiger partial charge in [-0.3, -0.25) is 0 Å². The van der Waals surface area contributed by atoms with Crippen molar-refractivity contribution >= 4 is 17.2 Å². The summed E-state index contributed by atoms with van der Waals surface area (Å²) in [6.07, 6.45) is 6.49. The van der Waals surface area contributed by atoms with Crippen LogP contribution in [-0.2, 0) is 12.8 Å². The predicted molar refractivity (Wildman–Crippen MR) is 83.3 cm³/mol. The highest BCUT2D eigenvalue weighted by Crippen LogP contribution is 2.28. The third-order valence-electron chi connectivity index (χ3n) is 3.57. The Morgan fingerprint density at radius 3 is 2.75 bits per heavy atom. The molecule has 2 aromatic rings. The minimum Gasteiger partial charge on any atom is -0.438 e. The zero-order chi connectivity index (χ0) is 13.9. The molecule has 1 aliphatic rings. The van der Waals surface area contributed by atoms with Crippen LogP contribution in [0.1, 0.15) is 29.5 Å². The van der Waals surface area contributed by atoms with E-state index in [0.29, 0.717) is 16.4 Å². The maximum Gasteiger partial charge on any atom is 0.229 e. The summed E-state index contributed by atoms with van der Waals surface area (Å²) in [4.78, 5) is 4.51. The minimum atomic E-state index is 0.297. The van der Waals surface area contributed by atoms with Gasteiger partial charge in [0.2, 0.25) is 5.88 Å². The monoisotopic (exact) mass is 284 g/mol. The maximum atomic E-state index is 5.86. The smallest absolute Gasteiger partial charge is 0.229 e. The van der Waals surface area contributed by atoms with Crippen LogP contribution in [0.5, 0.6) is 11.6 Å². The molecule has 0 fully saturated rings. The Hall–Kier alpha value is -1.94. The molecule has 0 aliphatic heterocycles. The van der Waals surface area contributed by atoms with Crippen molar-refractivity contribution < 1.29 is 4.74 Å². The summed E-state index contributed by atoms with van der Waals surface area (Å²) in [6, 6.07) is 9.86. The van der Waals surface area contributed by atoms with Crippen molar-refractivity contribution in [1.82, 2.24) is 4.98 Å². The van der Waals surface area contributed by atoms with Crippen LogP contribution in [0.3, 0.4) is 0 Å². The van der Waals surface area contributed by atoms with Crippen molar-refractivity contribution in [3.63, 3.8) is 0 Å². The van der Waals surface area contributed by atoms with Crippen LogP contribution in [0.25, 0.3) is 0 Å². The van der Waals surface area contributed by atoms with E-state index in [0.717, 1.165) is 18.6 Å². The van der Waals surface area contributed by atoms with E-state index in [4.69, 9.17) is 22.7 Å². The molecular weight excluding hydrogens is 268 g/mol. The van der Waals surface area contributed by atoms with Crippen LogP contribution in [0.15, 0.2) is 36.5 Å². The fourth-order valence-corrected chi connectivity index (χ4v) is 2.70. The van der Waals surface area contributed by atoms with Gasteiger partial charge >= 0.3 is 0 Å². The van der Waals surface area contributed by atoms with E-state index in [1.807, 2.05) is 12.1 Å². The van der Waals surface area contributed by atoms with E-state index in [-0.39, 0.29) is 0 Å². The van der Waals surface area contributed by atoms with Crippen LogP contribution >= 0.6 is 12.2 Å². The molecule has 1 aromatic carbocycles. The van der Waals surface area contributed by atoms with E-state index >= 15 is 0 Å². The third-order valence-corrected chi connectivity index (χ3v) is 3.79. The highest BCUT2D eigenvalue weighted by molar-refractivity contribution is 7.80. The predicted octanol–water partition coefficient (Wildman–Crippen LogP) is 3.39. The van der Waals surface area contributed by atoms with Crippen LogP contribution in [0.4, 0.5) is 0 Å². The largest absolute Gasteiger partial charge is 0.438 e. The van der Waals surface area contributed by atoms with Crippen molar-refractivity contribution in [2.75, 3.05) is 0 Å². The lowest BCUT2D eigenvalue weighted by Gasteiger charge is -2.17. The van der Waals surface area contributed by atoms with E-state index in [1.54, 1.807) is 12.3 Å². The van der Waals surface area contributed by atoms with Gasteiger partial charge in [-0.25, -0.2) is 4.98 Å². The molecule has 1 heterocycles. The number of thiocarbonyl (C=S) groups is 1. The average Bonchev–Trinajstić information content (AvgIpc) is 2.47.